The number of rotatable bonds is 4. The van der Waals surface area contributed by atoms with Crippen LogP contribution in [0.2, 0.25) is 0 Å². The fourth-order valence-corrected chi connectivity index (χ4v) is 8.16. The second-order valence-electron chi connectivity index (χ2n) is 13.3. The van der Waals surface area contributed by atoms with E-state index in [4.69, 9.17) is 11.6 Å². The van der Waals surface area contributed by atoms with Crippen LogP contribution in [0.25, 0.3) is 98.7 Å². The predicted molar refractivity (Wildman–Crippen MR) is 215 cm³/mol. The van der Waals surface area contributed by atoms with Crippen LogP contribution in [0.3, 0.4) is 0 Å². The molecule has 0 saturated carbocycles. The lowest BCUT2D eigenvalue weighted by Crippen LogP contribution is -1.98. The smallest absolute Gasteiger partial charge is 0.135 e. The Bertz CT molecular complexity index is 3230. The van der Waals surface area contributed by atoms with Crippen molar-refractivity contribution < 1.29 is 11.6 Å². The molecule has 0 spiro atoms. The third-order valence-electron chi connectivity index (χ3n) is 10.5. The van der Waals surface area contributed by atoms with Gasteiger partial charge in [-0.25, -0.2) is 0 Å². The molecule has 11 rings (SSSR count). The molecule has 1 aliphatic rings. The Labute approximate surface area is 303 Å². The van der Waals surface area contributed by atoms with Gasteiger partial charge in [0.1, 0.15) is 11.5 Å². The highest BCUT2D eigenvalue weighted by Gasteiger charge is 2.23. The van der Waals surface area contributed by atoms with Crippen LogP contribution >= 0.6 is 0 Å². The summed E-state index contributed by atoms with van der Waals surface area (Å²) >= 11 is 0. The minimum atomic E-state index is -0.411. The summed E-state index contributed by atoms with van der Waals surface area (Å²) in [6, 6.07) is 50.9. The Morgan fingerprint density at radius 2 is 0.980 bits per heavy atom. The van der Waals surface area contributed by atoms with Gasteiger partial charge < -0.3 is 4.74 Å². The number of ether oxygens (including phenoxy) is 1. The summed E-state index contributed by atoms with van der Waals surface area (Å²) in [5.74, 6) is 1.57. The summed E-state index contributed by atoms with van der Waals surface area (Å²) < 4.78 is 49.9. The molecule has 0 aliphatic carbocycles. The van der Waals surface area contributed by atoms with Gasteiger partial charge in [-0.15, -0.1) is 0 Å². The van der Waals surface area contributed by atoms with Crippen molar-refractivity contribution in [3.05, 3.63) is 182 Å². The van der Waals surface area contributed by atoms with Crippen LogP contribution in [0.4, 0.5) is 0 Å². The lowest BCUT2D eigenvalue weighted by molar-refractivity contribution is 0.487. The summed E-state index contributed by atoms with van der Waals surface area (Å²) in [6.07, 6.45) is 0. The molecule has 1 nitrogen and oxygen atoms in total. The number of benzene rings is 10. The fraction of sp³-hybridized carbons (Fsp3) is 0. The second kappa shape index (κ2) is 10.9. The monoisotopic (exact) mass is 651 g/mol. The van der Waals surface area contributed by atoms with Crippen molar-refractivity contribution in [3.63, 3.8) is 0 Å². The van der Waals surface area contributed by atoms with E-state index in [1.807, 2.05) is 42.5 Å². The fourth-order valence-electron chi connectivity index (χ4n) is 8.16. The van der Waals surface area contributed by atoms with E-state index in [0.717, 1.165) is 77.6 Å². The van der Waals surface area contributed by atoms with Gasteiger partial charge in [-0.2, -0.15) is 0 Å². The van der Waals surface area contributed by atoms with E-state index >= 15 is 0 Å². The molecule has 0 aromatic heterocycles. The molecule has 51 heavy (non-hydrogen) atoms. The summed E-state index contributed by atoms with van der Waals surface area (Å²) in [5.41, 5.74) is 8.75. The zero-order chi connectivity index (χ0) is 37.8. The molecule has 10 aromatic rings. The van der Waals surface area contributed by atoms with Gasteiger partial charge in [0.05, 0.1) is 6.85 Å². The first kappa shape index (κ1) is 23.6. The van der Waals surface area contributed by atoms with E-state index < -0.39 is 6.04 Å². The number of fused-ring (bicyclic) bond motifs is 2. The van der Waals surface area contributed by atoms with E-state index in [0.29, 0.717) is 5.56 Å². The highest BCUT2D eigenvalue weighted by molar-refractivity contribution is 6.25. The normalized spacial score (nSPS) is 13.5. The SMILES string of the molecule is [2H]c1c([2H])c([2H])c(-c2cc(-c3ccc4c5c(cccc35)-c3cc(-c5ccccc5)ccc3O4)cc(-c3ccc4ccc5cccc6ccc3c4c56)c2)c([2H])c1[2H]. The molecular formula is C50H30O. The lowest BCUT2D eigenvalue weighted by Gasteiger charge is -2.23. The minimum absolute atomic E-state index is 0.172. The van der Waals surface area contributed by atoms with E-state index in [1.54, 1.807) is 0 Å². The van der Waals surface area contributed by atoms with Gasteiger partial charge in [0.2, 0.25) is 0 Å². The molecular weight excluding hydrogens is 617 g/mol. The standard InChI is InChI=1S/C50H30O/c1-3-9-31(10-4-1)36-21-25-46-45(30-36)43-16-8-15-42-41(24-26-47(51-46)50(42)43)39-28-37(32-11-5-2-6-12-32)27-38(29-39)40-22-19-35-18-17-33-13-7-14-34-20-23-44(40)49(35)48(33)34/h1-30H/i2D,5D,6D,11D,12D. The third-order valence-corrected chi connectivity index (χ3v) is 10.5. The summed E-state index contributed by atoms with van der Waals surface area (Å²) in [6.45, 7) is 0. The van der Waals surface area contributed by atoms with Gasteiger partial charge in [0, 0.05) is 10.9 Å². The Morgan fingerprint density at radius 1 is 0.333 bits per heavy atom. The van der Waals surface area contributed by atoms with Gasteiger partial charge in [-0.1, -0.05) is 145 Å². The van der Waals surface area contributed by atoms with Crippen molar-refractivity contribution in [3.8, 4) is 67.1 Å². The van der Waals surface area contributed by atoms with E-state index in [1.165, 1.54) is 21.5 Å². The summed E-state index contributed by atoms with van der Waals surface area (Å²) in [4.78, 5) is 0. The minimum Gasteiger partial charge on any atom is -0.456 e. The van der Waals surface area contributed by atoms with Crippen molar-refractivity contribution in [2.75, 3.05) is 0 Å². The Balaban J connectivity index is 1.18. The van der Waals surface area contributed by atoms with Crippen LogP contribution in [0.1, 0.15) is 6.85 Å². The first-order valence-corrected chi connectivity index (χ1v) is 17.2. The van der Waals surface area contributed by atoms with Crippen molar-refractivity contribution in [1.29, 1.82) is 0 Å². The number of hydrogen-bond acceptors (Lipinski definition) is 1. The van der Waals surface area contributed by atoms with Gasteiger partial charge in [0.25, 0.3) is 0 Å². The zero-order valence-corrected chi connectivity index (χ0v) is 27.3. The highest BCUT2D eigenvalue weighted by Crippen LogP contribution is 2.50. The molecule has 0 bridgehead atoms. The average molecular weight is 652 g/mol. The van der Waals surface area contributed by atoms with Crippen LogP contribution in [-0.4, -0.2) is 0 Å². The van der Waals surface area contributed by atoms with Crippen LogP contribution in [0, 0.1) is 0 Å². The average Bonchev–Trinajstić information content (AvgIpc) is 3.24. The van der Waals surface area contributed by atoms with Gasteiger partial charge in [-0.3, -0.25) is 0 Å². The maximum Gasteiger partial charge on any atom is 0.135 e. The molecule has 1 aliphatic heterocycles. The Kier molecular flexibility index (Phi) is 5.05. The number of hydrogen-bond donors (Lipinski definition) is 0. The van der Waals surface area contributed by atoms with E-state index in [-0.39, 0.29) is 29.7 Å². The zero-order valence-electron chi connectivity index (χ0n) is 32.3. The van der Waals surface area contributed by atoms with Crippen molar-refractivity contribution in [1.82, 2.24) is 0 Å². The van der Waals surface area contributed by atoms with Gasteiger partial charge in [-0.05, 0) is 124 Å². The largest absolute Gasteiger partial charge is 0.456 e. The van der Waals surface area contributed by atoms with Gasteiger partial charge >= 0.3 is 0 Å². The van der Waals surface area contributed by atoms with Crippen molar-refractivity contribution >= 4 is 43.1 Å². The van der Waals surface area contributed by atoms with Crippen molar-refractivity contribution in [2.24, 2.45) is 0 Å². The Hall–Kier alpha value is -6.70. The molecule has 1 heteroatoms. The van der Waals surface area contributed by atoms with E-state index in [9.17, 15) is 0 Å². The maximum atomic E-state index is 8.98. The molecule has 10 aromatic carbocycles. The van der Waals surface area contributed by atoms with Crippen molar-refractivity contribution in [2.45, 2.75) is 0 Å². The van der Waals surface area contributed by atoms with E-state index in [2.05, 4.69) is 109 Å². The van der Waals surface area contributed by atoms with Crippen LogP contribution in [-0.2, 0) is 0 Å². The van der Waals surface area contributed by atoms with Crippen LogP contribution in [0.15, 0.2) is 182 Å². The lowest BCUT2D eigenvalue weighted by atomic mass is 9.86. The summed E-state index contributed by atoms with van der Waals surface area (Å²) in [7, 11) is 0. The topological polar surface area (TPSA) is 9.23 Å². The molecule has 1 heterocycles. The predicted octanol–water partition coefficient (Wildman–Crippen LogP) is 14.2. The van der Waals surface area contributed by atoms with Gasteiger partial charge in [0.15, 0.2) is 0 Å². The second-order valence-corrected chi connectivity index (χ2v) is 13.3. The summed E-state index contributed by atoms with van der Waals surface area (Å²) in [5, 5.41) is 8.98. The quantitative estimate of drug-likeness (QED) is 0.172. The molecule has 0 saturated heterocycles. The first-order chi connectivity index (χ1) is 27.3. The molecule has 0 atom stereocenters. The third kappa shape index (κ3) is 4.35. The van der Waals surface area contributed by atoms with Crippen LogP contribution in [0.5, 0.6) is 11.5 Å². The maximum absolute atomic E-state index is 8.98. The molecule has 0 unspecified atom stereocenters. The molecule has 0 fully saturated rings. The first-order valence-electron chi connectivity index (χ1n) is 19.7. The molecule has 0 radical (unpaired) electrons. The Morgan fingerprint density at radius 3 is 1.78 bits per heavy atom. The molecule has 0 N–H and O–H groups in total. The molecule has 0 amide bonds. The highest BCUT2D eigenvalue weighted by atomic mass is 16.5. The van der Waals surface area contributed by atoms with Crippen LogP contribution < -0.4 is 4.74 Å². The molecule has 236 valence electrons.